The van der Waals surface area contributed by atoms with Crippen LogP contribution in [0.1, 0.15) is 37.7 Å². The smallest absolute Gasteiger partial charge is 0.293 e. The largest absolute Gasteiger partial charge is 0.488 e. The standard InChI is InChI=1S/C28H24N2O3S/c1-18-11-13-20(14-12-18)15-21-16-29-28(34-21)30-27(31)26-23(22-8-4-6-10-25(22)33-26)17-32-24-9-5-3-7-19(24)2/h3-14,16H,15,17H2,1-2H3,(H,29,30,31). The molecule has 0 aliphatic rings. The number of aryl methyl sites for hydroxylation is 2. The van der Waals surface area contributed by atoms with E-state index in [1.807, 2.05) is 55.5 Å². The van der Waals surface area contributed by atoms with Crippen molar-refractivity contribution in [3.63, 3.8) is 0 Å². The number of thiazole rings is 1. The average molecular weight is 469 g/mol. The zero-order chi connectivity index (χ0) is 23.5. The van der Waals surface area contributed by atoms with Gasteiger partial charge < -0.3 is 9.15 Å². The van der Waals surface area contributed by atoms with E-state index in [-0.39, 0.29) is 18.3 Å². The Balaban J connectivity index is 1.36. The summed E-state index contributed by atoms with van der Waals surface area (Å²) in [6.07, 6.45) is 2.58. The van der Waals surface area contributed by atoms with Crippen molar-refractivity contribution in [3.8, 4) is 5.75 Å². The number of rotatable bonds is 7. The molecule has 5 aromatic rings. The fourth-order valence-electron chi connectivity index (χ4n) is 3.80. The molecule has 170 valence electrons. The lowest BCUT2D eigenvalue weighted by molar-refractivity contribution is 0.0995. The molecule has 5 rings (SSSR count). The Morgan fingerprint density at radius 1 is 1.00 bits per heavy atom. The van der Waals surface area contributed by atoms with Gasteiger partial charge in [0.15, 0.2) is 10.9 Å². The second kappa shape index (κ2) is 9.53. The van der Waals surface area contributed by atoms with Gasteiger partial charge in [0.05, 0.1) is 0 Å². The number of anilines is 1. The van der Waals surface area contributed by atoms with Gasteiger partial charge in [0.2, 0.25) is 0 Å². The molecule has 2 heterocycles. The topological polar surface area (TPSA) is 64.4 Å². The van der Waals surface area contributed by atoms with Gasteiger partial charge in [-0.2, -0.15) is 0 Å². The van der Waals surface area contributed by atoms with Crippen molar-refractivity contribution in [3.05, 3.63) is 112 Å². The van der Waals surface area contributed by atoms with Crippen LogP contribution in [-0.4, -0.2) is 10.9 Å². The third-order valence-electron chi connectivity index (χ3n) is 5.64. The van der Waals surface area contributed by atoms with Crippen LogP contribution in [0.2, 0.25) is 0 Å². The van der Waals surface area contributed by atoms with Crippen LogP contribution in [-0.2, 0) is 13.0 Å². The first-order valence-electron chi connectivity index (χ1n) is 11.1. The maximum absolute atomic E-state index is 13.2. The van der Waals surface area contributed by atoms with Crippen molar-refractivity contribution in [2.75, 3.05) is 5.32 Å². The summed E-state index contributed by atoms with van der Waals surface area (Å²) in [6.45, 7) is 4.29. The fourth-order valence-corrected chi connectivity index (χ4v) is 4.64. The molecule has 0 atom stereocenters. The van der Waals surface area contributed by atoms with E-state index in [4.69, 9.17) is 9.15 Å². The number of carbonyl (C=O) groups excluding carboxylic acids is 1. The molecule has 2 aromatic heterocycles. The van der Waals surface area contributed by atoms with Gasteiger partial charge in [0, 0.05) is 28.4 Å². The number of ether oxygens (including phenoxy) is 1. The number of para-hydroxylation sites is 2. The predicted octanol–water partition coefficient (Wildman–Crippen LogP) is 6.93. The third kappa shape index (κ3) is 4.72. The number of nitrogens with zero attached hydrogens (tertiary/aromatic N) is 1. The van der Waals surface area contributed by atoms with Gasteiger partial charge in [-0.1, -0.05) is 66.2 Å². The minimum atomic E-state index is -0.337. The minimum absolute atomic E-state index is 0.223. The summed E-state index contributed by atoms with van der Waals surface area (Å²) in [5.41, 5.74) is 4.84. The summed E-state index contributed by atoms with van der Waals surface area (Å²) >= 11 is 1.46. The van der Waals surface area contributed by atoms with Gasteiger partial charge in [-0.05, 0) is 37.1 Å². The Labute approximate surface area is 202 Å². The lowest BCUT2D eigenvalue weighted by atomic mass is 10.1. The maximum atomic E-state index is 13.2. The van der Waals surface area contributed by atoms with E-state index in [0.717, 1.165) is 28.0 Å². The van der Waals surface area contributed by atoms with E-state index < -0.39 is 0 Å². The van der Waals surface area contributed by atoms with E-state index in [0.29, 0.717) is 16.3 Å². The molecule has 0 saturated heterocycles. The molecular formula is C28H24N2O3S. The van der Waals surface area contributed by atoms with Crippen LogP contribution < -0.4 is 10.1 Å². The number of nitrogens with one attached hydrogen (secondary N) is 1. The maximum Gasteiger partial charge on any atom is 0.293 e. The zero-order valence-corrected chi connectivity index (χ0v) is 19.8. The summed E-state index contributed by atoms with van der Waals surface area (Å²) in [6, 6.07) is 23.8. The molecule has 3 aromatic carbocycles. The Morgan fingerprint density at radius 2 is 1.76 bits per heavy atom. The average Bonchev–Trinajstić information content (AvgIpc) is 3.44. The van der Waals surface area contributed by atoms with Crippen LogP contribution in [0, 0.1) is 13.8 Å². The molecule has 0 unspecified atom stereocenters. The molecule has 5 nitrogen and oxygen atoms in total. The number of amides is 1. The highest BCUT2D eigenvalue weighted by molar-refractivity contribution is 7.15. The predicted molar refractivity (Wildman–Crippen MR) is 136 cm³/mol. The first-order chi connectivity index (χ1) is 16.6. The number of benzene rings is 3. The van der Waals surface area contributed by atoms with E-state index in [9.17, 15) is 4.79 Å². The Bertz CT molecular complexity index is 1450. The third-order valence-corrected chi connectivity index (χ3v) is 6.56. The second-order valence-electron chi connectivity index (χ2n) is 8.21. The highest BCUT2D eigenvalue weighted by atomic mass is 32.1. The summed E-state index contributed by atoms with van der Waals surface area (Å²) in [4.78, 5) is 18.7. The van der Waals surface area contributed by atoms with Gasteiger partial charge in [-0.15, -0.1) is 11.3 Å². The molecule has 1 amide bonds. The number of aromatic nitrogens is 1. The van der Waals surface area contributed by atoms with Crippen LogP contribution in [0.5, 0.6) is 5.75 Å². The first-order valence-corrected chi connectivity index (χ1v) is 11.9. The Kier molecular flexibility index (Phi) is 6.14. The SMILES string of the molecule is Cc1ccc(Cc2cnc(NC(=O)c3oc4ccccc4c3COc3ccccc3C)s2)cc1. The molecule has 0 bridgehead atoms. The number of fused-ring (bicyclic) bond motifs is 1. The van der Waals surface area contributed by atoms with E-state index in [1.54, 1.807) is 6.20 Å². The summed E-state index contributed by atoms with van der Waals surface area (Å²) in [5, 5.41) is 4.31. The van der Waals surface area contributed by atoms with Gasteiger partial charge >= 0.3 is 0 Å². The lowest BCUT2D eigenvalue weighted by Crippen LogP contribution is -2.13. The molecule has 6 heteroatoms. The van der Waals surface area contributed by atoms with Gasteiger partial charge in [-0.3, -0.25) is 10.1 Å². The molecule has 0 saturated carbocycles. The molecule has 0 spiro atoms. The summed E-state index contributed by atoms with van der Waals surface area (Å²) < 4.78 is 12.0. The van der Waals surface area contributed by atoms with E-state index >= 15 is 0 Å². The Hall–Kier alpha value is -3.90. The van der Waals surface area contributed by atoms with Gasteiger partial charge in [-0.25, -0.2) is 4.98 Å². The van der Waals surface area contributed by atoms with Crippen molar-refractivity contribution in [2.45, 2.75) is 26.9 Å². The summed E-state index contributed by atoms with van der Waals surface area (Å²) in [7, 11) is 0. The minimum Gasteiger partial charge on any atom is -0.488 e. The van der Waals surface area contributed by atoms with Crippen molar-refractivity contribution >= 4 is 33.3 Å². The highest BCUT2D eigenvalue weighted by Crippen LogP contribution is 2.29. The van der Waals surface area contributed by atoms with Crippen LogP contribution in [0.3, 0.4) is 0 Å². The van der Waals surface area contributed by atoms with E-state index in [1.165, 1.54) is 22.5 Å². The van der Waals surface area contributed by atoms with Crippen molar-refractivity contribution in [1.29, 1.82) is 0 Å². The fraction of sp³-hybridized carbons (Fsp3) is 0.143. The van der Waals surface area contributed by atoms with Crippen LogP contribution in [0.15, 0.2) is 83.4 Å². The van der Waals surface area contributed by atoms with Crippen LogP contribution in [0.4, 0.5) is 5.13 Å². The zero-order valence-electron chi connectivity index (χ0n) is 19.0. The number of hydrogen-bond donors (Lipinski definition) is 1. The van der Waals surface area contributed by atoms with E-state index in [2.05, 4.69) is 41.5 Å². The van der Waals surface area contributed by atoms with Crippen LogP contribution >= 0.6 is 11.3 Å². The van der Waals surface area contributed by atoms with Crippen LogP contribution in [0.25, 0.3) is 11.0 Å². The molecule has 0 aliphatic carbocycles. The van der Waals surface area contributed by atoms with Crippen molar-refractivity contribution in [2.24, 2.45) is 0 Å². The van der Waals surface area contributed by atoms with Crippen molar-refractivity contribution in [1.82, 2.24) is 4.98 Å². The number of carbonyl (C=O) groups is 1. The van der Waals surface area contributed by atoms with Gasteiger partial charge in [0.1, 0.15) is 17.9 Å². The quantitative estimate of drug-likeness (QED) is 0.281. The first kappa shape index (κ1) is 21.9. The summed E-state index contributed by atoms with van der Waals surface area (Å²) in [5.74, 6) is 0.681. The molecule has 0 radical (unpaired) electrons. The highest BCUT2D eigenvalue weighted by Gasteiger charge is 2.22. The number of furan rings is 1. The lowest BCUT2D eigenvalue weighted by Gasteiger charge is -2.09. The Morgan fingerprint density at radius 3 is 2.59 bits per heavy atom. The number of hydrogen-bond acceptors (Lipinski definition) is 5. The molecule has 1 N–H and O–H groups in total. The molecule has 34 heavy (non-hydrogen) atoms. The molecule has 0 aliphatic heterocycles. The second-order valence-corrected chi connectivity index (χ2v) is 9.32. The molecule has 0 fully saturated rings. The van der Waals surface area contributed by atoms with Crippen molar-refractivity contribution < 1.29 is 13.9 Å². The van der Waals surface area contributed by atoms with Gasteiger partial charge in [0.25, 0.3) is 5.91 Å². The molecular weight excluding hydrogens is 444 g/mol. The monoisotopic (exact) mass is 468 g/mol. The normalized spacial score (nSPS) is 11.0.